The first kappa shape index (κ1) is 27.4. The second-order valence-electron chi connectivity index (χ2n) is 10.2. The Morgan fingerprint density at radius 3 is 1.97 bits per heavy atom. The van der Waals surface area contributed by atoms with Crippen molar-refractivity contribution >= 4 is 17.9 Å². The van der Waals surface area contributed by atoms with Crippen molar-refractivity contribution in [2.75, 3.05) is 13.1 Å². The van der Waals surface area contributed by atoms with Gasteiger partial charge >= 0.3 is 17.9 Å². The second kappa shape index (κ2) is 11.7. The Labute approximate surface area is 213 Å². The third-order valence-corrected chi connectivity index (χ3v) is 6.26. The van der Waals surface area contributed by atoms with Crippen LogP contribution in [0.4, 0.5) is 0 Å². The molecule has 1 unspecified atom stereocenters. The first-order chi connectivity index (χ1) is 17.0. The summed E-state index contributed by atoms with van der Waals surface area (Å²) in [5, 5.41) is 3.49. The van der Waals surface area contributed by atoms with Gasteiger partial charge in [-0.1, -0.05) is 53.7 Å². The van der Waals surface area contributed by atoms with Gasteiger partial charge in [-0.2, -0.15) is 0 Å². The molecule has 36 heavy (non-hydrogen) atoms. The summed E-state index contributed by atoms with van der Waals surface area (Å²) in [6.07, 6.45) is 0.742. The Morgan fingerprint density at radius 1 is 0.833 bits per heavy atom. The standard InChI is InChI=1S/C29H37NO6/c1-16(2)27(31)34-21-10-8-20(9-11-21)24-15-30-13-12-22-19(7)26(36-29(33)18(5)6)25(14-23(22)24)35-28(32)17(3)4/h8-11,14,16-18,24,30H,12-13,15H2,1-7H3. The molecule has 0 saturated carbocycles. The summed E-state index contributed by atoms with van der Waals surface area (Å²) >= 11 is 0. The number of fused-ring (bicyclic) bond motifs is 1. The molecule has 7 nitrogen and oxygen atoms in total. The van der Waals surface area contributed by atoms with Crippen molar-refractivity contribution in [3.05, 3.63) is 52.6 Å². The van der Waals surface area contributed by atoms with Gasteiger partial charge in [0.05, 0.1) is 17.8 Å². The Kier molecular flexibility index (Phi) is 8.90. The molecule has 0 saturated heterocycles. The number of hydrogen-bond acceptors (Lipinski definition) is 7. The Balaban J connectivity index is 2.06. The van der Waals surface area contributed by atoms with Gasteiger partial charge < -0.3 is 19.5 Å². The van der Waals surface area contributed by atoms with Crippen LogP contribution in [0.25, 0.3) is 0 Å². The second-order valence-corrected chi connectivity index (χ2v) is 10.2. The maximum absolute atomic E-state index is 12.5. The molecule has 1 atom stereocenters. The number of carbonyl (C=O) groups excluding carboxylic acids is 3. The molecular weight excluding hydrogens is 458 g/mol. The number of ether oxygens (including phenoxy) is 3. The van der Waals surface area contributed by atoms with Crippen LogP contribution >= 0.6 is 0 Å². The fourth-order valence-electron chi connectivity index (χ4n) is 3.99. The summed E-state index contributed by atoms with van der Waals surface area (Å²) in [6.45, 7) is 14.0. The quantitative estimate of drug-likeness (QED) is 0.429. The Hall–Kier alpha value is -3.19. The highest BCUT2D eigenvalue weighted by Crippen LogP contribution is 2.42. The summed E-state index contributed by atoms with van der Waals surface area (Å²) in [5.41, 5.74) is 3.91. The lowest BCUT2D eigenvalue weighted by molar-refractivity contribution is -0.140. The minimum atomic E-state index is -0.393. The minimum absolute atomic E-state index is 0.0394. The maximum Gasteiger partial charge on any atom is 0.313 e. The molecule has 194 valence electrons. The zero-order chi connectivity index (χ0) is 26.6. The van der Waals surface area contributed by atoms with Gasteiger partial charge in [0.1, 0.15) is 5.75 Å². The van der Waals surface area contributed by atoms with Crippen LogP contribution in [0.3, 0.4) is 0 Å². The maximum atomic E-state index is 12.5. The molecule has 0 radical (unpaired) electrons. The van der Waals surface area contributed by atoms with Crippen molar-refractivity contribution in [3.8, 4) is 17.2 Å². The van der Waals surface area contributed by atoms with Crippen molar-refractivity contribution in [2.24, 2.45) is 17.8 Å². The summed E-state index contributed by atoms with van der Waals surface area (Å²) in [5.74, 6) is -0.903. The van der Waals surface area contributed by atoms with Crippen molar-refractivity contribution in [2.45, 2.75) is 60.8 Å². The third-order valence-electron chi connectivity index (χ3n) is 6.26. The van der Waals surface area contributed by atoms with E-state index >= 15 is 0 Å². The SMILES string of the molecule is Cc1c2c(cc(OC(=O)C(C)C)c1OC(=O)C(C)C)C(c1ccc(OC(=O)C(C)C)cc1)CNCC2. The molecule has 0 fully saturated rings. The van der Waals surface area contributed by atoms with Crippen molar-refractivity contribution in [3.63, 3.8) is 0 Å². The van der Waals surface area contributed by atoms with Crippen LogP contribution in [-0.2, 0) is 20.8 Å². The molecule has 1 aliphatic heterocycles. The Bertz CT molecular complexity index is 1120. The van der Waals surface area contributed by atoms with E-state index in [4.69, 9.17) is 14.2 Å². The molecule has 7 heteroatoms. The highest BCUT2D eigenvalue weighted by molar-refractivity contribution is 5.79. The lowest BCUT2D eigenvalue weighted by Gasteiger charge is -2.23. The van der Waals surface area contributed by atoms with E-state index in [9.17, 15) is 14.4 Å². The van der Waals surface area contributed by atoms with Crippen molar-refractivity contribution in [1.82, 2.24) is 5.32 Å². The summed E-state index contributed by atoms with van der Waals surface area (Å²) in [7, 11) is 0. The van der Waals surface area contributed by atoms with Gasteiger partial charge in [-0.3, -0.25) is 14.4 Å². The van der Waals surface area contributed by atoms with Gasteiger partial charge in [0.15, 0.2) is 11.5 Å². The van der Waals surface area contributed by atoms with Crippen molar-refractivity contribution in [1.29, 1.82) is 0 Å². The highest BCUT2D eigenvalue weighted by Gasteiger charge is 2.28. The van der Waals surface area contributed by atoms with Crippen LogP contribution < -0.4 is 19.5 Å². The highest BCUT2D eigenvalue weighted by atomic mass is 16.6. The number of rotatable bonds is 7. The number of carbonyl (C=O) groups is 3. The van der Waals surface area contributed by atoms with Crippen LogP contribution in [0.1, 0.15) is 69.7 Å². The molecular formula is C29H37NO6. The van der Waals surface area contributed by atoms with E-state index in [0.717, 1.165) is 35.2 Å². The smallest absolute Gasteiger partial charge is 0.313 e. The molecule has 1 heterocycles. The molecule has 0 spiro atoms. The lowest BCUT2D eigenvalue weighted by atomic mass is 9.85. The van der Waals surface area contributed by atoms with Crippen LogP contribution in [0.2, 0.25) is 0 Å². The predicted molar refractivity (Wildman–Crippen MR) is 137 cm³/mol. The normalized spacial score (nSPS) is 15.4. The number of hydrogen-bond donors (Lipinski definition) is 1. The topological polar surface area (TPSA) is 90.9 Å². The van der Waals surface area contributed by atoms with Gasteiger partial charge in [-0.15, -0.1) is 0 Å². The van der Waals surface area contributed by atoms with Crippen LogP contribution in [0.5, 0.6) is 17.2 Å². The first-order valence-corrected chi connectivity index (χ1v) is 12.6. The van der Waals surface area contributed by atoms with E-state index in [1.165, 1.54) is 0 Å². The number of benzene rings is 2. The molecule has 0 bridgehead atoms. The average molecular weight is 496 g/mol. The largest absolute Gasteiger partial charge is 0.426 e. The zero-order valence-electron chi connectivity index (χ0n) is 22.3. The van der Waals surface area contributed by atoms with E-state index in [-0.39, 0.29) is 41.4 Å². The van der Waals surface area contributed by atoms with E-state index in [1.54, 1.807) is 53.7 Å². The van der Waals surface area contributed by atoms with Crippen LogP contribution in [0.15, 0.2) is 30.3 Å². The van der Waals surface area contributed by atoms with E-state index in [0.29, 0.717) is 18.0 Å². The molecule has 0 amide bonds. The zero-order valence-corrected chi connectivity index (χ0v) is 22.3. The molecule has 0 aromatic heterocycles. The molecule has 2 aromatic rings. The van der Waals surface area contributed by atoms with Crippen LogP contribution in [0, 0.1) is 24.7 Å². The number of nitrogens with one attached hydrogen (secondary N) is 1. The fourth-order valence-corrected chi connectivity index (χ4v) is 3.99. The van der Waals surface area contributed by atoms with Gasteiger partial charge in [0.2, 0.25) is 0 Å². The molecule has 2 aromatic carbocycles. The monoisotopic (exact) mass is 495 g/mol. The molecule has 3 rings (SSSR count). The summed E-state index contributed by atoms with van der Waals surface area (Å²) < 4.78 is 16.9. The first-order valence-electron chi connectivity index (χ1n) is 12.6. The summed E-state index contributed by atoms with van der Waals surface area (Å²) in [4.78, 5) is 37.0. The fraction of sp³-hybridized carbons (Fsp3) is 0.483. The molecule has 0 aliphatic carbocycles. The van der Waals surface area contributed by atoms with E-state index in [2.05, 4.69) is 5.32 Å². The lowest BCUT2D eigenvalue weighted by Crippen LogP contribution is -2.21. The van der Waals surface area contributed by atoms with Gasteiger partial charge in [-0.25, -0.2) is 0 Å². The Morgan fingerprint density at radius 2 is 1.39 bits per heavy atom. The van der Waals surface area contributed by atoms with Crippen LogP contribution in [-0.4, -0.2) is 31.0 Å². The minimum Gasteiger partial charge on any atom is -0.426 e. The van der Waals surface area contributed by atoms with Gasteiger partial charge in [0, 0.05) is 12.5 Å². The number of esters is 3. The van der Waals surface area contributed by atoms with Gasteiger partial charge in [-0.05, 0) is 60.3 Å². The van der Waals surface area contributed by atoms with E-state index in [1.807, 2.05) is 25.1 Å². The third kappa shape index (κ3) is 6.32. The van der Waals surface area contributed by atoms with Crippen molar-refractivity contribution < 1.29 is 28.6 Å². The molecule has 1 N–H and O–H groups in total. The summed E-state index contributed by atoms with van der Waals surface area (Å²) in [6, 6.07) is 9.34. The van der Waals surface area contributed by atoms with E-state index < -0.39 is 5.97 Å². The van der Waals surface area contributed by atoms with Gasteiger partial charge in [0.25, 0.3) is 0 Å². The molecule has 1 aliphatic rings. The predicted octanol–water partition coefficient (Wildman–Crippen LogP) is 4.96. The average Bonchev–Trinajstić information content (AvgIpc) is 3.04.